The number of piperazine rings is 1. The molecule has 1 saturated heterocycles. The Labute approximate surface area is 106 Å². The molecule has 0 atom stereocenters. The van der Waals surface area contributed by atoms with E-state index in [4.69, 9.17) is 4.52 Å². The molecule has 1 aliphatic heterocycles. The highest BCUT2D eigenvalue weighted by atomic mass is 16.5. The predicted octanol–water partition coefficient (Wildman–Crippen LogP) is 0.677. The summed E-state index contributed by atoms with van der Waals surface area (Å²) in [5, 5.41) is 3.71. The minimum atomic E-state index is -0.129. The third-order valence-corrected chi connectivity index (χ3v) is 3.07. The number of nitrogens with zero attached hydrogens (tertiary/aromatic N) is 3. The normalized spacial score (nSPS) is 15.9. The summed E-state index contributed by atoms with van der Waals surface area (Å²) >= 11 is 0. The number of amides is 2. The molecule has 2 amide bonds. The third kappa shape index (κ3) is 2.52. The van der Waals surface area contributed by atoms with E-state index in [0.717, 1.165) is 0 Å². The van der Waals surface area contributed by atoms with Crippen LogP contribution in [0.25, 0.3) is 0 Å². The number of hydrogen-bond acceptors (Lipinski definition) is 4. The van der Waals surface area contributed by atoms with Gasteiger partial charge in [-0.25, -0.2) is 0 Å². The lowest BCUT2D eigenvalue weighted by atomic mass is 10.2. The van der Waals surface area contributed by atoms with Crippen molar-refractivity contribution in [1.29, 1.82) is 0 Å². The Kier molecular flexibility index (Phi) is 3.64. The fourth-order valence-electron chi connectivity index (χ4n) is 2.01. The van der Waals surface area contributed by atoms with Gasteiger partial charge in [-0.3, -0.25) is 9.59 Å². The summed E-state index contributed by atoms with van der Waals surface area (Å²) < 4.78 is 4.89. The zero-order valence-corrected chi connectivity index (χ0v) is 10.7. The molecule has 98 valence electrons. The molecular weight excluding hydrogens is 234 g/mol. The second-order valence-electron chi connectivity index (χ2n) is 4.35. The maximum absolute atomic E-state index is 12.1. The molecule has 0 radical (unpaired) electrons. The van der Waals surface area contributed by atoms with Crippen LogP contribution in [0.4, 0.5) is 0 Å². The highest BCUT2D eigenvalue weighted by Crippen LogP contribution is 2.09. The fourth-order valence-corrected chi connectivity index (χ4v) is 2.01. The van der Waals surface area contributed by atoms with Crippen LogP contribution >= 0.6 is 0 Å². The average molecular weight is 251 g/mol. The molecule has 1 aromatic heterocycles. The molecule has 1 fully saturated rings. The van der Waals surface area contributed by atoms with E-state index in [1.54, 1.807) is 22.8 Å². The van der Waals surface area contributed by atoms with Gasteiger partial charge in [0, 0.05) is 38.7 Å². The smallest absolute Gasteiger partial charge is 0.276 e. The van der Waals surface area contributed by atoms with Crippen molar-refractivity contribution in [2.24, 2.45) is 0 Å². The Morgan fingerprint density at radius 3 is 2.39 bits per heavy atom. The highest BCUT2D eigenvalue weighted by molar-refractivity contribution is 5.92. The van der Waals surface area contributed by atoms with Crippen LogP contribution in [-0.2, 0) is 4.79 Å². The zero-order chi connectivity index (χ0) is 13.1. The Hall–Kier alpha value is -1.85. The van der Waals surface area contributed by atoms with Gasteiger partial charge in [-0.05, 0) is 6.92 Å². The van der Waals surface area contributed by atoms with Crippen molar-refractivity contribution >= 4 is 11.8 Å². The van der Waals surface area contributed by atoms with E-state index in [1.165, 1.54) is 0 Å². The first-order valence-electron chi connectivity index (χ1n) is 6.12. The molecule has 0 unspecified atom stereocenters. The van der Waals surface area contributed by atoms with Gasteiger partial charge < -0.3 is 14.3 Å². The lowest BCUT2D eigenvalue weighted by Crippen LogP contribution is -2.50. The molecule has 0 aliphatic carbocycles. The molecule has 6 heteroatoms. The van der Waals surface area contributed by atoms with Gasteiger partial charge in [0.1, 0.15) is 5.76 Å². The van der Waals surface area contributed by atoms with Crippen molar-refractivity contribution in [3.8, 4) is 0 Å². The largest absolute Gasteiger partial charge is 0.361 e. The van der Waals surface area contributed by atoms with E-state index in [9.17, 15) is 9.59 Å². The number of carbonyl (C=O) groups excluding carboxylic acids is 2. The van der Waals surface area contributed by atoms with Crippen LogP contribution in [0.2, 0.25) is 0 Å². The summed E-state index contributed by atoms with van der Waals surface area (Å²) in [5.74, 6) is 0.632. The van der Waals surface area contributed by atoms with E-state index >= 15 is 0 Å². The van der Waals surface area contributed by atoms with Crippen LogP contribution in [-0.4, -0.2) is 52.9 Å². The van der Waals surface area contributed by atoms with Crippen molar-refractivity contribution in [2.45, 2.75) is 20.3 Å². The number of aryl methyl sites for hydroxylation is 1. The van der Waals surface area contributed by atoms with Gasteiger partial charge in [0.2, 0.25) is 5.91 Å². The van der Waals surface area contributed by atoms with E-state index in [-0.39, 0.29) is 11.8 Å². The Morgan fingerprint density at radius 1 is 1.28 bits per heavy atom. The summed E-state index contributed by atoms with van der Waals surface area (Å²) in [6.07, 6.45) is 0.510. The van der Waals surface area contributed by atoms with Crippen molar-refractivity contribution < 1.29 is 14.1 Å². The Morgan fingerprint density at radius 2 is 1.89 bits per heavy atom. The van der Waals surface area contributed by atoms with Crippen molar-refractivity contribution in [3.05, 3.63) is 17.5 Å². The minimum Gasteiger partial charge on any atom is -0.361 e. The number of rotatable bonds is 2. The lowest BCUT2D eigenvalue weighted by molar-refractivity contribution is -0.132. The second-order valence-corrected chi connectivity index (χ2v) is 4.35. The number of carbonyl (C=O) groups is 2. The van der Waals surface area contributed by atoms with Crippen LogP contribution < -0.4 is 0 Å². The molecule has 2 heterocycles. The van der Waals surface area contributed by atoms with Crippen molar-refractivity contribution in [1.82, 2.24) is 15.0 Å². The van der Waals surface area contributed by atoms with Crippen LogP contribution in [0.5, 0.6) is 0 Å². The lowest BCUT2D eigenvalue weighted by Gasteiger charge is -2.34. The zero-order valence-electron chi connectivity index (χ0n) is 10.7. The topological polar surface area (TPSA) is 66.7 Å². The van der Waals surface area contributed by atoms with E-state index in [2.05, 4.69) is 5.16 Å². The molecule has 0 saturated carbocycles. The average Bonchev–Trinajstić information content (AvgIpc) is 2.84. The van der Waals surface area contributed by atoms with E-state index in [1.807, 2.05) is 6.92 Å². The summed E-state index contributed by atoms with van der Waals surface area (Å²) in [5.41, 5.74) is 0.336. The quantitative estimate of drug-likeness (QED) is 0.775. The molecule has 0 bridgehead atoms. The monoisotopic (exact) mass is 251 g/mol. The van der Waals surface area contributed by atoms with Gasteiger partial charge in [0.05, 0.1) is 0 Å². The molecule has 1 aliphatic rings. The van der Waals surface area contributed by atoms with Gasteiger partial charge in [0.15, 0.2) is 5.69 Å². The van der Waals surface area contributed by atoms with Crippen molar-refractivity contribution in [3.63, 3.8) is 0 Å². The molecule has 18 heavy (non-hydrogen) atoms. The van der Waals surface area contributed by atoms with Crippen LogP contribution in [0.3, 0.4) is 0 Å². The van der Waals surface area contributed by atoms with E-state index < -0.39 is 0 Å². The first kappa shape index (κ1) is 12.6. The van der Waals surface area contributed by atoms with Gasteiger partial charge in [0.25, 0.3) is 5.91 Å². The van der Waals surface area contributed by atoms with Crippen molar-refractivity contribution in [2.75, 3.05) is 26.2 Å². The first-order chi connectivity index (χ1) is 8.61. The summed E-state index contributed by atoms with van der Waals surface area (Å²) in [4.78, 5) is 27.1. The van der Waals surface area contributed by atoms with Crippen LogP contribution in [0, 0.1) is 6.92 Å². The molecule has 6 nitrogen and oxygen atoms in total. The maximum atomic E-state index is 12.1. The summed E-state index contributed by atoms with van der Waals surface area (Å²) in [7, 11) is 0. The standard InChI is InChI=1S/C12H17N3O3/c1-3-11(16)14-4-6-15(7-5-14)12(17)10-8-9(2)18-13-10/h8H,3-7H2,1-2H3. The molecule has 1 aromatic rings. The summed E-state index contributed by atoms with van der Waals surface area (Å²) in [6, 6.07) is 1.63. The highest BCUT2D eigenvalue weighted by Gasteiger charge is 2.25. The Bertz CT molecular complexity index is 447. The number of aromatic nitrogens is 1. The SMILES string of the molecule is CCC(=O)N1CCN(C(=O)c2cc(C)on2)CC1. The van der Waals surface area contributed by atoms with Gasteiger partial charge in [-0.15, -0.1) is 0 Å². The molecule has 0 aromatic carbocycles. The van der Waals surface area contributed by atoms with E-state index in [0.29, 0.717) is 44.1 Å². The maximum Gasteiger partial charge on any atom is 0.276 e. The molecule has 2 rings (SSSR count). The van der Waals surface area contributed by atoms with Gasteiger partial charge >= 0.3 is 0 Å². The molecule has 0 spiro atoms. The minimum absolute atomic E-state index is 0.129. The second kappa shape index (κ2) is 5.20. The molecule has 0 N–H and O–H groups in total. The van der Waals surface area contributed by atoms with Crippen LogP contribution in [0.1, 0.15) is 29.6 Å². The predicted molar refractivity (Wildman–Crippen MR) is 64.0 cm³/mol. The van der Waals surface area contributed by atoms with Gasteiger partial charge in [-0.2, -0.15) is 0 Å². The van der Waals surface area contributed by atoms with Crippen LogP contribution in [0.15, 0.2) is 10.6 Å². The molecular formula is C12H17N3O3. The fraction of sp³-hybridized carbons (Fsp3) is 0.583. The Balaban J connectivity index is 1.94. The third-order valence-electron chi connectivity index (χ3n) is 3.07. The van der Waals surface area contributed by atoms with Gasteiger partial charge in [-0.1, -0.05) is 12.1 Å². The summed E-state index contributed by atoms with van der Waals surface area (Å²) in [6.45, 7) is 5.89. The number of hydrogen-bond donors (Lipinski definition) is 0. The first-order valence-corrected chi connectivity index (χ1v) is 6.12.